The van der Waals surface area contributed by atoms with Crippen LogP contribution in [0.4, 0.5) is 5.69 Å². The van der Waals surface area contributed by atoms with Gasteiger partial charge >= 0.3 is 5.97 Å². The summed E-state index contributed by atoms with van der Waals surface area (Å²) >= 11 is 0. The van der Waals surface area contributed by atoms with E-state index in [2.05, 4.69) is 131 Å². The maximum absolute atomic E-state index is 10.5. The molecule has 108 heavy (non-hydrogen) atoms. The zero-order valence-corrected chi connectivity index (χ0v) is 60.9. The van der Waals surface area contributed by atoms with Crippen molar-refractivity contribution in [3.8, 4) is 33.5 Å². The van der Waals surface area contributed by atoms with Crippen LogP contribution in [0.15, 0.2) is 361 Å². The minimum absolute atomic E-state index is 0. The molecule has 4 aliphatic rings. The number of aromatic amines is 2. The monoisotopic (exact) mass is 1430 g/mol. The van der Waals surface area contributed by atoms with Crippen LogP contribution in [0.3, 0.4) is 0 Å². The lowest BCUT2D eigenvalue weighted by Gasteiger charge is -2.36. The Labute approximate surface area is 635 Å². The lowest BCUT2D eigenvalue weighted by molar-refractivity contribution is -0.136. The first-order valence-electron chi connectivity index (χ1n) is 36.9. The molecule has 10 aromatic carbocycles. The summed E-state index contributed by atoms with van der Waals surface area (Å²) < 4.78 is 11.9. The number of para-hydroxylation sites is 5. The number of nitrogens with one attached hydrogen (secondary N) is 4. The zero-order chi connectivity index (χ0) is 73.8. The maximum atomic E-state index is 10.5. The molecule has 6 aromatic heterocycles. The van der Waals surface area contributed by atoms with Gasteiger partial charge in [0, 0.05) is 77.8 Å². The van der Waals surface area contributed by atoms with Gasteiger partial charge in [-0.25, -0.2) is 4.98 Å². The van der Waals surface area contributed by atoms with Crippen LogP contribution in [0, 0.1) is 5.92 Å². The molecule has 0 amide bonds. The number of H-pyrrole nitrogens is 2. The molecule has 2 saturated heterocycles. The number of nitrogens with zero attached hydrogens (tertiary/aromatic N) is 6. The van der Waals surface area contributed by atoms with E-state index in [1.807, 2.05) is 244 Å². The molecule has 1 aliphatic carbocycles. The SMILES string of the molecule is C.C1=Nc2ccccc2C1.C1CCC2NCCCC2C1.C1CCNCC1.Cn1cc(-c2ccccc2)nn1.O=C(O)Cc1ccc(-c2ccccc2)cc1.c1c[nH]cn1.c1ccc(-c2ccccc2)cc1.c1ccc2[nH]ccc2c1.c1ccc2ncccc2c1.c1ccc2occc2c1.c1ccc2occc2c1. The number of benzene rings is 10. The number of furan rings is 2. The van der Waals surface area contributed by atoms with E-state index in [0.717, 1.165) is 79.5 Å². The Balaban J connectivity index is 0.000000138. The van der Waals surface area contributed by atoms with Crippen LogP contribution in [-0.2, 0) is 24.7 Å². The second-order valence-corrected chi connectivity index (χ2v) is 25.6. The summed E-state index contributed by atoms with van der Waals surface area (Å²) in [4.78, 5) is 28.4. The number of piperidine rings is 2. The third kappa shape index (κ3) is 27.9. The Morgan fingerprint density at radius 1 is 0.491 bits per heavy atom. The number of carbonyl (C=O) groups is 1. The van der Waals surface area contributed by atoms with Crippen LogP contribution < -0.4 is 10.6 Å². The highest BCUT2D eigenvalue weighted by molar-refractivity contribution is 5.80. The Hall–Kier alpha value is -12.4. The molecule has 0 spiro atoms. The van der Waals surface area contributed by atoms with Gasteiger partial charge in [0.05, 0.1) is 42.7 Å². The predicted molar refractivity (Wildman–Crippen MR) is 447 cm³/mol. The Bertz CT molecular complexity index is 4630. The van der Waals surface area contributed by atoms with E-state index in [1.54, 1.807) is 35.9 Å². The van der Waals surface area contributed by atoms with E-state index in [9.17, 15) is 4.79 Å². The molecule has 0 bridgehead atoms. The van der Waals surface area contributed by atoms with Gasteiger partial charge in [0.15, 0.2) is 0 Å². The number of aliphatic imine (C=N–C) groups is 1. The smallest absolute Gasteiger partial charge is 0.307 e. The van der Waals surface area contributed by atoms with Crippen molar-refractivity contribution in [1.82, 2.24) is 45.6 Å². The van der Waals surface area contributed by atoms with E-state index < -0.39 is 5.97 Å². The average Bonchev–Trinajstić information content (AvgIpc) is 1.65. The first kappa shape index (κ1) is 79.8. The van der Waals surface area contributed by atoms with Crippen LogP contribution >= 0.6 is 0 Å². The summed E-state index contributed by atoms with van der Waals surface area (Å²) in [6, 6.07) is 99.7. The van der Waals surface area contributed by atoms with Crippen LogP contribution in [0.2, 0.25) is 0 Å². The van der Waals surface area contributed by atoms with Gasteiger partial charge in [-0.05, 0) is 157 Å². The first-order chi connectivity index (χ1) is 52.9. The van der Waals surface area contributed by atoms with Crippen molar-refractivity contribution in [1.29, 1.82) is 0 Å². The van der Waals surface area contributed by atoms with Crippen LogP contribution in [-0.4, -0.2) is 77.9 Å². The summed E-state index contributed by atoms with van der Waals surface area (Å²) in [7, 11) is 1.86. The van der Waals surface area contributed by atoms with E-state index >= 15 is 0 Å². The fourth-order valence-corrected chi connectivity index (χ4v) is 12.3. The summed E-state index contributed by atoms with van der Waals surface area (Å²) in [5.74, 6) is 0.245. The second-order valence-electron chi connectivity index (χ2n) is 25.6. The highest BCUT2D eigenvalue weighted by Gasteiger charge is 2.26. The Morgan fingerprint density at radius 2 is 1.03 bits per heavy atom. The van der Waals surface area contributed by atoms with Crippen molar-refractivity contribution in [2.75, 3.05) is 19.6 Å². The third-order valence-electron chi connectivity index (χ3n) is 17.9. The number of rotatable bonds is 5. The van der Waals surface area contributed by atoms with Crippen molar-refractivity contribution in [2.24, 2.45) is 18.0 Å². The van der Waals surface area contributed by atoms with Crippen molar-refractivity contribution in [3.63, 3.8) is 0 Å². The minimum Gasteiger partial charge on any atom is -0.481 e. The predicted octanol–water partition coefficient (Wildman–Crippen LogP) is 22.8. The number of aliphatic carboxylic acids is 1. The van der Waals surface area contributed by atoms with Gasteiger partial charge < -0.3 is 34.5 Å². The lowest BCUT2D eigenvalue weighted by Crippen LogP contribution is -2.42. The topological polar surface area (TPSA) is 188 Å². The zero-order valence-electron chi connectivity index (χ0n) is 60.9. The molecule has 2 unspecified atom stereocenters. The minimum atomic E-state index is -0.799. The molecule has 16 aromatic rings. The number of imidazole rings is 1. The van der Waals surface area contributed by atoms with Gasteiger partial charge in [-0.3, -0.25) is 19.5 Å². The van der Waals surface area contributed by atoms with Crippen molar-refractivity contribution in [3.05, 3.63) is 358 Å². The number of hydrogen-bond acceptors (Lipinski definition) is 10. The molecule has 5 N–H and O–H groups in total. The second kappa shape index (κ2) is 46.5. The highest BCUT2D eigenvalue weighted by Crippen LogP contribution is 2.30. The number of aromatic nitrogens is 7. The van der Waals surface area contributed by atoms with E-state index in [4.69, 9.17) is 13.9 Å². The fraction of sp³-hybridized carbons (Fsp3) is 0.191. The van der Waals surface area contributed by atoms with Crippen molar-refractivity contribution >= 4 is 61.6 Å². The van der Waals surface area contributed by atoms with Crippen LogP contribution in [0.5, 0.6) is 0 Å². The summed E-state index contributed by atoms with van der Waals surface area (Å²) in [6.07, 6.45) is 30.2. The summed E-state index contributed by atoms with van der Waals surface area (Å²) in [6.45, 7) is 3.78. The Morgan fingerprint density at radius 3 is 1.55 bits per heavy atom. The molecule has 3 aliphatic heterocycles. The van der Waals surface area contributed by atoms with Gasteiger partial charge in [0.25, 0.3) is 0 Å². The molecule has 3 fully saturated rings. The molecule has 14 heteroatoms. The first-order valence-corrected chi connectivity index (χ1v) is 36.9. The Kier molecular flexibility index (Phi) is 34.3. The van der Waals surface area contributed by atoms with Gasteiger partial charge in [0.1, 0.15) is 16.9 Å². The van der Waals surface area contributed by atoms with E-state index in [1.165, 1.54) is 110 Å². The fourth-order valence-electron chi connectivity index (χ4n) is 12.3. The molecule has 550 valence electrons. The molecular weight excluding hydrogens is 1330 g/mol. The van der Waals surface area contributed by atoms with Crippen LogP contribution in [0.1, 0.15) is 76.3 Å². The lowest BCUT2D eigenvalue weighted by atomic mass is 9.80. The standard InChI is InChI=1S/C14H12O2.C12H10.C9H9N3.C9H17N.C9H7N.2C8H7N.2C8H6O.C5H11N.C3H4N2.CH4/c15-14(16)10-11-6-8-13(9-7-11)12-4-2-1-3-5-12;1-3-7-11(8-4-1)12-9-5-2-6-10-12;1-12-7-9(10-11-12)8-5-3-2-4-6-8;2*1-2-6-9-8(4-1)5-3-7-10-9;4*1-2-4-8-7(3-1)5-6-9-8;1-2-4-6-5-3-1;1-2-5-3-4-1;/h1-9H,10H2,(H,15,16);1-10H;2-7H,1H3;8-10H,1-7H2;1-7H;1-4,6H,5H2;1-6,9H;2*1-6H;6H,1-5H2;1-3H,(H,4,5);1H4. The quantitative estimate of drug-likeness (QED) is 0.111. The van der Waals surface area contributed by atoms with Crippen molar-refractivity contribution in [2.45, 2.75) is 84.1 Å². The third-order valence-corrected chi connectivity index (χ3v) is 17.9. The number of aryl methyl sites for hydroxylation is 1. The molecule has 9 heterocycles. The van der Waals surface area contributed by atoms with Gasteiger partial charge in [-0.2, -0.15) is 0 Å². The number of carboxylic acids is 1. The number of carboxylic acid groups (broad SMARTS) is 1. The number of fused-ring (bicyclic) bond motifs is 6. The maximum Gasteiger partial charge on any atom is 0.307 e. The molecule has 1 saturated carbocycles. The average molecular weight is 1430 g/mol. The molecule has 14 nitrogen and oxygen atoms in total. The molecule has 0 radical (unpaired) electrons. The molecule has 20 rings (SSSR count). The van der Waals surface area contributed by atoms with Gasteiger partial charge in [-0.1, -0.05) is 275 Å². The number of pyridine rings is 1. The highest BCUT2D eigenvalue weighted by atomic mass is 16.4. The van der Waals surface area contributed by atoms with Crippen molar-refractivity contribution < 1.29 is 18.7 Å². The van der Waals surface area contributed by atoms with Gasteiger partial charge in [-0.15, -0.1) is 5.10 Å². The molecular formula is C94H100N10O4. The van der Waals surface area contributed by atoms with Gasteiger partial charge in [0.2, 0.25) is 0 Å². The largest absolute Gasteiger partial charge is 0.481 e. The normalized spacial score (nSPS) is 13.8. The van der Waals surface area contributed by atoms with Crippen LogP contribution in [0.25, 0.3) is 77.3 Å². The van der Waals surface area contributed by atoms with E-state index in [0.29, 0.717) is 0 Å². The summed E-state index contributed by atoms with van der Waals surface area (Å²) in [5, 5.41) is 28.2. The molecule has 2 atom stereocenters. The summed E-state index contributed by atoms with van der Waals surface area (Å²) in [5.41, 5.74) is 14.3. The number of hydrogen-bond donors (Lipinski definition) is 5. The van der Waals surface area contributed by atoms with E-state index in [-0.39, 0.29) is 13.8 Å².